The summed E-state index contributed by atoms with van der Waals surface area (Å²) in [4.78, 5) is 3.90. The van der Waals surface area contributed by atoms with Crippen molar-refractivity contribution in [3.05, 3.63) is 24.4 Å². The van der Waals surface area contributed by atoms with Crippen molar-refractivity contribution in [3.63, 3.8) is 0 Å². The average molecular weight is 278 g/mol. The van der Waals surface area contributed by atoms with Crippen LogP contribution in [0, 0.1) is 0 Å². The van der Waals surface area contributed by atoms with E-state index in [-0.39, 0.29) is 23.5 Å². The molecule has 96 valence electrons. The molecule has 0 radical (unpaired) electrons. The summed E-state index contributed by atoms with van der Waals surface area (Å²) < 4.78 is 25.8. The van der Waals surface area contributed by atoms with Crippen LogP contribution in [0.5, 0.6) is 0 Å². The van der Waals surface area contributed by atoms with Gasteiger partial charge in [-0.05, 0) is 19.1 Å². The van der Waals surface area contributed by atoms with Crippen molar-refractivity contribution < 1.29 is 8.42 Å². The number of piperazine rings is 1. The Bertz CT molecular complexity index is 452. The number of sulfonamides is 1. The van der Waals surface area contributed by atoms with Crippen molar-refractivity contribution in [2.75, 3.05) is 19.6 Å². The summed E-state index contributed by atoms with van der Waals surface area (Å²) in [6.45, 7) is 3.66. The number of hydrogen-bond donors (Lipinski definition) is 1. The summed E-state index contributed by atoms with van der Waals surface area (Å²) in [5.74, 6) is 0. The maximum absolute atomic E-state index is 12.2. The first-order valence-corrected chi connectivity index (χ1v) is 6.69. The summed E-state index contributed by atoms with van der Waals surface area (Å²) in [6.07, 6.45) is 1.50. The molecule has 0 amide bonds. The first kappa shape index (κ1) is 14.4. The van der Waals surface area contributed by atoms with Gasteiger partial charge >= 0.3 is 0 Å². The maximum Gasteiger partial charge on any atom is 0.260 e. The zero-order chi connectivity index (χ0) is 11.6. The molecule has 1 N–H and O–H groups in total. The maximum atomic E-state index is 12.2. The molecule has 1 aliphatic rings. The molecule has 1 fully saturated rings. The average Bonchev–Trinajstić information content (AvgIpc) is 2.30. The predicted molar refractivity (Wildman–Crippen MR) is 67.7 cm³/mol. The van der Waals surface area contributed by atoms with Gasteiger partial charge in [-0.15, -0.1) is 12.4 Å². The van der Waals surface area contributed by atoms with E-state index in [1.54, 1.807) is 12.1 Å². The van der Waals surface area contributed by atoms with Gasteiger partial charge in [0.05, 0.1) is 0 Å². The Hall–Kier alpha value is -0.690. The first-order chi connectivity index (χ1) is 7.60. The molecular weight excluding hydrogens is 262 g/mol. The van der Waals surface area contributed by atoms with E-state index in [1.165, 1.54) is 16.6 Å². The van der Waals surface area contributed by atoms with Gasteiger partial charge in [0.15, 0.2) is 5.03 Å². The lowest BCUT2D eigenvalue weighted by Crippen LogP contribution is -2.51. The van der Waals surface area contributed by atoms with E-state index in [0.717, 1.165) is 0 Å². The number of nitrogens with one attached hydrogen (secondary N) is 1. The van der Waals surface area contributed by atoms with Crippen LogP contribution in [0.1, 0.15) is 6.92 Å². The van der Waals surface area contributed by atoms with Crippen LogP contribution >= 0.6 is 12.4 Å². The molecule has 2 rings (SSSR count). The number of hydrogen-bond acceptors (Lipinski definition) is 4. The third-order valence-corrected chi connectivity index (χ3v) is 4.36. The lowest BCUT2D eigenvalue weighted by atomic mass is 10.3. The Labute approximate surface area is 108 Å². The normalized spacial score (nSPS) is 21.8. The number of pyridine rings is 1. The zero-order valence-electron chi connectivity index (χ0n) is 9.54. The highest BCUT2D eigenvalue weighted by molar-refractivity contribution is 7.89. The van der Waals surface area contributed by atoms with Crippen LogP contribution in [0.4, 0.5) is 0 Å². The minimum absolute atomic E-state index is 0. The fraction of sp³-hybridized carbons (Fsp3) is 0.500. The molecule has 1 unspecified atom stereocenters. The first-order valence-electron chi connectivity index (χ1n) is 5.25. The van der Waals surface area contributed by atoms with Gasteiger partial charge in [-0.2, -0.15) is 4.31 Å². The fourth-order valence-corrected chi connectivity index (χ4v) is 3.21. The van der Waals surface area contributed by atoms with Crippen LogP contribution in [0.15, 0.2) is 29.4 Å². The molecular formula is C10H16ClN3O2S. The highest BCUT2D eigenvalue weighted by Crippen LogP contribution is 2.14. The van der Waals surface area contributed by atoms with Crippen molar-refractivity contribution in [1.82, 2.24) is 14.6 Å². The van der Waals surface area contributed by atoms with Gasteiger partial charge in [-0.1, -0.05) is 6.07 Å². The van der Waals surface area contributed by atoms with Crippen molar-refractivity contribution in [1.29, 1.82) is 0 Å². The van der Waals surface area contributed by atoms with E-state index < -0.39 is 10.0 Å². The number of nitrogens with zero attached hydrogens (tertiary/aromatic N) is 2. The Balaban J connectivity index is 0.00000144. The standard InChI is InChI=1S/C10H15N3O2S.ClH/c1-9-8-13(7-6-11-9)16(14,15)10-4-2-3-5-12-10;/h2-5,9,11H,6-8H2,1H3;1H. The fourth-order valence-electron chi connectivity index (χ4n) is 1.75. The third kappa shape index (κ3) is 3.16. The van der Waals surface area contributed by atoms with Crippen LogP contribution in [0.3, 0.4) is 0 Å². The Morgan fingerprint density at radius 2 is 2.24 bits per heavy atom. The molecule has 1 aliphatic heterocycles. The zero-order valence-corrected chi connectivity index (χ0v) is 11.2. The quantitative estimate of drug-likeness (QED) is 0.854. The highest BCUT2D eigenvalue weighted by atomic mass is 35.5. The van der Waals surface area contributed by atoms with E-state index in [9.17, 15) is 8.42 Å². The molecule has 1 saturated heterocycles. The molecule has 1 aromatic heterocycles. The molecule has 0 aliphatic carbocycles. The summed E-state index contributed by atoms with van der Waals surface area (Å²) in [5.41, 5.74) is 0. The van der Waals surface area contributed by atoms with Gasteiger partial charge in [-0.25, -0.2) is 13.4 Å². The largest absolute Gasteiger partial charge is 0.312 e. The molecule has 0 bridgehead atoms. The second kappa shape index (κ2) is 5.77. The van der Waals surface area contributed by atoms with Crippen molar-refractivity contribution in [2.24, 2.45) is 0 Å². The second-order valence-electron chi connectivity index (χ2n) is 3.89. The summed E-state index contributed by atoms with van der Waals surface area (Å²) in [6, 6.07) is 5.11. The molecule has 17 heavy (non-hydrogen) atoms. The molecule has 1 atom stereocenters. The number of halogens is 1. The molecule has 1 aromatic rings. The monoisotopic (exact) mass is 277 g/mol. The van der Waals surface area contributed by atoms with E-state index in [2.05, 4.69) is 10.3 Å². The van der Waals surface area contributed by atoms with Crippen molar-refractivity contribution >= 4 is 22.4 Å². The van der Waals surface area contributed by atoms with Gasteiger partial charge in [0, 0.05) is 31.9 Å². The molecule has 0 aromatic carbocycles. The topological polar surface area (TPSA) is 62.3 Å². The number of rotatable bonds is 2. The number of aromatic nitrogens is 1. The van der Waals surface area contributed by atoms with Crippen LogP contribution in [-0.2, 0) is 10.0 Å². The van der Waals surface area contributed by atoms with E-state index in [1.807, 2.05) is 6.92 Å². The predicted octanol–water partition coefficient (Wildman–Crippen LogP) is 0.486. The van der Waals surface area contributed by atoms with Crippen LogP contribution in [0.25, 0.3) is 0 Å². The third-order valence-electron chi connectivity index (χ3n) is 2.57. The molecule has 7 heteroatoms. The molecule has 5 nitrogen and oxygen atoms in total. The molecule has 0 spiro atoms. The van der Waals surface area contributed by atoms with Gasteiger partial charge in [0.25, 0.3) is 10.0 Å². The van der Waals surface area contributed by atoms with E-state index in [0.29, 0.717) is 19.6 Å². The van der Waals surface area contributed by atoms with E-state index >= 15 is 0 Å². The second-order valence-corrected chi connectivity index (χ2v) is 5.77. The Kier molecular flexibility index (Phi) is 4.88. The van der Waals surface area contributed by atoms with Crippen LogP contribution in [-0.4, -0.2) is 43.4 Å². The minimum atomic E-state index is -3.41. The minimum Gasteiger partial charge on any atom is -0.312 e. The Morgan fingerprint density at radius 3 is 2.82 bits per heavy atom. The molecule has 2 heterocycles. The van der Waals surface area contributed by atoms with Gasteiger partial charge in [0.1, 0.15) is 0 Å². The smallest absolute Gasteiger partial charge is 0.260 e. The van der Waals surface area contributed by atoms with E-state index in [4.69, 9.17) is 0 Å². The summed E-state index contributed by atoms with van der Waals surface area (Å²) >= 11 is 0. The summed E-state index contributed by atoms with van der Waals surface area (Å²) in [7, 11) is -3.41. The summed E-state index contributed by atoms with van der Waals surface area (Å²) in [5, 5.41) is 3.34. The van der Waals surface area contributed by atoms with Gasteiger partial charge in [0.2, 0.25) is 0 Å². The van der Waals surface area contributed by atoms with Crippen molar-refractivity contribution in [3.8, 4) is 0 Å². The highest BCUT2D eigenvalue weighted by Gasteiger charge is 2.28. The molecule has 0 saturated carbocycles. The Morgan fingerprint density at radius 1 is 1.47 bits per heavy atom. The van der Waals surface area contributed by atoms with Crippen LogP contribution < -0.4 is 5.32 Å². The van der Waals surface area contributed by atoms with Crippen molar-refractivity contribution in [2.45, 2.75) is 18.0 Å². The van der Waals surface area contributed by atoms with Gasteiger partial charge in [-0.3, -0.25) is 0 Å². The lowest BCUT2D eigenvalue weighted by Gasteiger charge is -2.30. The lowest BCUT2D eigenvalue weighted by molar-refractivity contribution is 0.309. The van der Waals surface area contributed by atoms with Crippen LogP contribution in [0.2, 0.25) is 0 Å². The van der Waals surface area contributed by atoms with Gasteiger partial charge < -0.3 is 5.32 Å². The SMILES string of the molecule is CC1CN(S(=O)(=O)c2ccccn2)CCN1.Cl.